The third-order valence-electron chi connectivity index (χ3n) is 3.16. The summed E-state index contributed by atoms with van der Waals surface area (Å²) in [5.41, 5.74) is 0.267. The van der Waals surface area contributed by atoms with Gasteiger partial charge >= 0.3 is 0 Å². The Morgan fingerprint density at radius 1 is 1.38 bits per heavy atom. The van der Waals surface area contributed by atoms with E-state index in [9.17, 15) is 14.9 Å². The topological polar surface area (TPSA) is 82.3 Å². The zero-order chi connectivity index (χ0) is 15.2. The first-order valence-corrected chi connectivity index (χ1v) is 6.80. The Morgan fingerprint density at radius 3 is 2.90 bits per heavy atom. The van der Waals surface area contributed by atoms with Gasteiger partial charge in [-0.3, -0.25) is 14.9 Å². The number of nitro groups is 1. The smallest absolute Gasteiger partial charge is 0.295 e. The number of ketones is 1. The highest BCUT2D eigenvalue weighted by atomic mass is 16.6. The largest absolute Gasteiger partial charge is 0.493 e. The van der Waals surface area contributed by atoms with Crippen LogP contribution in [-0.2, 0) is 4.79 Å². The number of hydrogen-bond acceptors (Lipinski definition) is 5. The van der Waals surface area contributed by atoms with Gasteiger partial charge in [-0.05, 0) is 24.6 Å². The monoisotopic (exact) mass is 288 g/mol. The number of nitro benzene ring substituents is 1. The molecule has 1 heterocycles. The maximum absolute atomic E-state index is 11.2. The molecule has 0 unspecified atom stereocenters. The van der Waals surface area contributed by atoms with Gasteiger partial charge in [0.15, 0.2) is 5.52 Å². The molecule has 6 heteroatoms. The van der Waals surface area contributed by atoms with Crippen molar-refractivity contribution in [3.63, 3.8) is 0 Å². The number of non-ortho nitro benzene ring substituents is 1. The molecule has 0 fully saturated rings. The van der Waals surface area contributed by atoms with Gasteiger partial charge in [-0.1, -0.05) is 6.92 Å². The van der Waals surface area contributed by atoms with Crippen LogP contribution in [0.1, 0.15) is 26.2 Å². The fourth-order valence-electron chi connectivity index (χ4n) is 2.03. The summed E-state index contributed by atoms with van der Waals surface area (Å²) in [5, 5.41) is 11.6. The van der Waals surface area contributed by atoms with Crippen LogP contribution in [0.5, 0.6) is 5.75 Å². The van der Waals surface area contributed by atoms with Crippen LogP contribution in [0.2, 0.25) is 0 Å². The van der Waals surface area contributed by atoms with Crippen molar-refractivity contribution in [1.29, 1.82) is 0 Å². The third kappa shape index (κ3) is 3.53. The quantitative estimate of drug-likeness (QED) is 0.443. The van der Waals surface area contributed by atoms with E-state index in [4.69, 9.17) is 4.74 Å². The molecule has 6 nitrogen and oxygen atoms in total. The van der Waals surface area contributed by atoms with Gasteiger partial charge in [0.25, 0.3) is 5.69 Å². The van der Waals surface area contributed by atoms with E-state index in [0.717, 1.165) is 0 Å². The summed E-state index contributed by atoms with van der Waals surface area (Å²) in [4.78, 5) is 25.8. The second-order valence-corrected chi connectivity index (χ2v) is 4.58. The molecule has 0 saturated carbocycles. The first-order valence-electron chi connectivity index (χ1n) is 6.80. The lowest BCUT2D eigenvalue weighted by atomic mass is 10.1. The summed E-state index contributed by atoms with van der Waals surface area (Å²) in [7, 11) is 0. The first kappa shape index (κ1) is 14.9. The molecule has 0 aliphatic rings. The molecule has 0 amide bonds. The maximum Gasteiger partial charge on any atom is 0.295 e. The Balaban J connectivity index is 2.16. The Labute approximate surface area is 121 Å². The lowest BCUT2D eigenvalue weighted by Crippen LogP contribution is -2.03. The van der Waals surface area contributed by atoms with Crippen LogP contribution in [0, 0.1) is 10.1 Å². The standard InChI is InChI=1S/C15H16N2O4/c1-2-11(18)5-4-10-21-14-8-7-13(17(19)20)15-12(14)6-3-9-16-15/h3,6-9H,2,4-5,10H2,1H3. The second kappa shape index (κ2) is 6.78. The zero-order valence-corrected chi connectivity index (χ0v) is 11.7. The molecule has 0 aliphatic heterocycles. The summed E-state index contributed by atoms with van der Waals surface area (Å²) >= 11 is 0. The molecule has 0 radical (unpaired) electrons. The van der Waals surface area contributed by atoms with Gasteiger partial charge in [0, 0.05) is 30.5 Å². The number of fused-ring (bicyclic) bond motifs is 1. The Kier molecular flexibility index (Phi) is 4.81. The van der Waals surface area contributed by atoms with E-state index in [1.165, 1.54) is 12.3 Å². The number of carbonyl (C=O) groups is 1. The molecule has 0 N–H and O–H groups in total. The van der Waals surface area contributed by atoms with Gasteiger partial charge < -0.3 is 4.74 Å². The molecule has 21 heavy (non-hydrogen) atoms. The van der Waals surface area contributed by atoms with Crippen molar-refractivity contribution >= 4 is 22.4 Å². The van der Waals surface area contributed by atoms with E-state index >= 15 is 0 Å². The van der Waals surface area contributed by atoms with E-state index in [1.54, 1.807) is 18.2 Å². The van der Waals surface area contributed by atoms with Gasteiger partial charge in [0.05, 0.1) is 11.5 Å². The normalized spacial score (nSPS) is 10.5. The predicted molar refractivity (Wildman–Crippen MR) is 78.4 cm³/mol. The van der Waals surface area contributed by atoms with Crippen LogP contribution in [0.3, 0.4) is 0 Å². The molecule has 0 atom stereocenters. The van der Waals surface area contributed by atoms with Crippen molar-refractivity contribution in [3.8, 4) is 5.75 Å². The molecule has 2 rings (SSSR count). The van der Waals surface area contributed by atoms with Crippen LogP contribution in [0.15, 0.2) is 30.5 Å². The van der Waals surface area contributed by atoms with Crippen LogP contribution < -0.4 is 4.74 Å². The number of carbonyl (C=O) groups excluding carboxylic acids is 1. The minimum absolute atomic E-state index is 0.0425. The third-order valence-corrected chi connectivity index (χ3v) is 3.16. The minimum atomic E-state index is -0.459. The molecule has 0 aliphatic carbocycles. The molecule has 1 aromatic carbocycles. The van der Waals surface area contributed by atoms with Crippen molar-refractivity contribution in [2.75, 3.05) is 6.61 Å². The summed E-state index contributed by atoms with van der Waals surface area (Å²) in [6.07, 6.45) is 3.16. The van der Waals surface area contributed by atoms with Crippen molar-refractivity contribution in [2.24, 2.45) is 0 Å². The van der Waals surface area contributed by atoms with Crippen LogP contribution in [0.4, 0.5) is 5.69 Å². The highest BCUT2D eigenvalue weighted by Gasteiger charge is 2.15. The molecule has 0 spiro atoms. The lowest BCUT2D eigenvalue weighted by molar-refractivity contribution is -0.383. The number of aromatic nitrogens is 1. The number of benzene rings is 1. The van der Waals surface area contributed by atoms with Gasteiger partial charge in [0.2, 0.25) is 0 Å². The van der Waals surface area contributed by atoms with Crippen molar-refractivity contribution < 1.29 is 14.5 Å². The molecular weight excluding hydrogens is 272 g/mol. The van der Waals surface area contributed by atoms with E-state index < -0.39 is 4.92 Å². The van der Waals surface area contributed by atoms with E-state index in [1.807, 2.05) is 6.92 Å². The lowest BCUT2D eigenvalue weighted by Gasteiger charge is -2.08. The van der Waals surface area contributed by atoms with Gasteiger partial charge in [-0.25, -0.2) is 4.98 Å². The van der Waals surface area contributed by atoms with Crippen molar-refractivity contribution in [1.82, 2.24) is 4.98 Å². The number of pyridine rings is 1. The number of hydrogen-bond donors (Lipinski definition) is 0. The highest BCUT2D eigenvalue weighted by Crippen LogP contribution is 2.31. The molecule has 0 saturated heterocycles. The van der Waals surface area contributed by atoms with E-state index in [-0.39, 0.29) is 11.5 Å². The van der Waals surface area contributed by atoms with Crippen molar-refractivity contribution in [2.45, 2.75) is 26.2 Å². The fraction of sp³-hybridized carbons (Fsp3) is 0.333. The number of nitrogens with zero attached hydrogens (tertiary/aromatic N) is 2. The van der Waals surface area contributed by atoms with Gasteiger partial charge in [-0.15, -0.1) is 0 Å². The van der Waals surface area contributed by atoms with Crippen LogP contribution in [-0.4, -0.2) is 22.3 Å². The SMILES string of the molecule is CCC(=O)CCCOc1ccc([N+](=O)[O-])c2ncccc12. The predicted octanol–water partition coefficient (Wildman–Crippen LogP) is 3.28. The Bertz CT molecular complexity index is 670. The Hall–Kier alpha value is -2.50. The minimum Gasteiger partial charge on any atom is -0.493 e. The zero-order valence-electron chi connectivity index (χ0n) is 11.7. The van der Waals surface area contributed by atoms with Crippen LogP contribution >= 0.6 is 0 Å². The van der Waals surface area contributed by atoms with Gasteiger partial charge in [0.1, 0.15) is 11.5 Å². The first-order chi connectivity index (χ1) is 10.1. The van der Waals surface area contributed by atoms with Gasteiger partial charge in [-0.2, -0.15) is 0 Å². The molecule has 1 aromatic heterocycles. The molecule has 2 aromatic rings. The molecular formula is C15H16N2O4. The second-order valence-electron chi connectivity index (χ2n) is 4.58. The number of ether oxygens (including phenoxy) is 1. The van der Waals surface area contributed by atoms with E-state index in [2.05, 4.69) is 4.98 Å². The summed E-state index contributed by atoms with van der Waals surface area (Å²) < 4.78 is 5.63. The summed E-state index contributed by atoms with van der Waals surface area (Å²) in [5.74, 6) is 0.751. The average Bonchev–Trinajstić information content (AvgIpc) is 2.50. The fourth-order valence-corrected chi connectivity index (χ4v) is 2.03. The van der Waals surface area contributed by atoms with Crippen molar-refractivity contribution in [3.05, 3.63) is 40.6 Å². The summed E-state index contributed by atoms with van der Waals surface area (Å²) in [6.45, 7) is 2.23. The number of Topliss-reactive ketones (excluding diaryl/α,β-unsaturated/α-hetero) is 1. The molecule has 110 valence electrons. The average molecular weight is 288 g/mol. The van der Waals surface area contributed by atoms with E-state index in [0.29, 0.717) is 42.5 Å². The summed E-state index contributed by atoms with van der Waals surface area (Å²) in [6, 6.07) is 6.41. The number of rotatable bonds is 7. The highest BCUT2D eigenvalue weighted by molar-refractivity contribution is 5.92. The molecule has 0 bridgehead atoms. The van der Waals surface area contributed by atoms with Crippen LogP contribution in [0.25, 0.3) is 10.9 Å². The maximum atomic E-state index is 11.2. The Morgan fingerprint density at radius 2 is 2.19 bits per heavy atom.